The van der Waals surface area contributed by atoms with Crippen LogP contribution in [0.25, 0.3) is 10.9 Å². The summed E-state index contributed by atoms with van der Waals surface area (Å²) in [6.07, 6.45) is 1.24. The van der Waals surface area contributed by atoms with Crippen LogP contribution in [0.4, 0.5) is 4.39 Å². The molecule has 1 aromatic heterocycles. The molecule has 0 radical (unpaired) electrons. The van der Waals surface area contributed by atoms with Crippen LogP contribution in [0, 0.1) is 12.7 Å². The zero-order valence-electron chi connectivity index (χ0n) is 10.0. The van der Waals surface area contributed by atoms with Crippen molar-refractivity contribution in [1.29, 1.82) is 0 Å². The van der Waals surface area contributed by atoms with Gasteiger partial charge >= 0.3 is 0 Å². The third-order valence-electron chi connectivity index (χ3n) is 2.28. The number of benzene rings is 1. The Kier molecular flexibility index (Phi) is 4.23. The highest BCUT2D eigenvalue weighted by atomic mass is 19.1. The summed E-state index contributed by atoms with van der Waals surface area (Å²) in [7, 11) is 1.59. The number of aromatic nitrogens is 1. The van der Waals surface area contributed by atoms with Gasteiger partial charge in [-0.25, -0.2) is 4.39 Å². The second kappa shape index (κ2) is 5.45. The molecule has 2 rings (SSSR count). The first-order valence-electron chi connectivity index (χ1n) is 5.31. The SMILES string of the molecule is CC.COc1ccc2ncc(F)c(C)c2c1. The van der Waals surface area contributed by atoms with Gasteiger partial charge in [-0.1, -0.05) is 13.8 Å². The number of aryl methyl sites for hydroxylation is 1. The maximum Gasteiger partial charge on any atom is 0.145 e. The minimum Gasteiger partial charge on any atom is -0.497 e. The smallest absolute Gasteiger partial charge is 0.145 e. The number of nitrogens with zero attached hydrogens (tertiary/aromatic N) is 1. The molecule has 0 amide bonds. The van der Waals surface area contributed by atoms with E-state index in [0.717, 1.165) is 10.9 Å². The number of hydrogen-bond donors (Lipinski definition) is 0. The molecule has 0 atom stereocenters. The summed E-state index contributed by atoms with van der Waals surface area (Å²) in [5.41, 5.74) is 1.39. The van der Waals surface area contributed by atoms with E-state index in [9.17, 15) is 4.39 Å². The lowest BCUT2D eigenvalue weighted by Gasteiger charge is -2.04. The molecule has 86 valence electrons. The standard InChI is InChI=1S/C11H10FNO.C2H6/c1-7-9-5-8(14-2)3-4-11(9)13-6-10(7)12;1-2/h3-6H,1-2H3;1-2H3. The Morgan fingerprint density at radius 1 is 1.25 bits per heavy atom. The van der Waals surface area contributed by atoms with E-state index in [1.807, 2.05) is 26.0 Å². The summed E-state index contributed by atoms with van der Waals surface area (Å²) >= 11 is 0. The molecule has 0 saturated carbocycles. The Bertz CT molecular complexity index is 483. The zero-order valence-corrected chi connectivity index (χ0v) is 10.0. The fourth-order valence-electron chi connectivity index (χ4n) is 1.41. The molecule has 16 heavy (non-hydrogen) atoms. The van der Waals surface area contributed by atoms with Crippen LogP contribution in [0.3, 0.4) is 0 Å². The summed E-state index contributed by atoms with van der Waals surface area (Å²) in [6, 6.07) is 5.42. The summed E-state index contributed by atoms with van der Waals surface area (Å²) in [5, 5.41) is 0.796. The maximum atomic E-state index is 13.2. The minimum atomic E-state index is -0.286. The summed E-state index contributed by atoms with van der Waals surface area (Å²) < 4.78 is 18.2. The Hall–Kier alpha value is -1.64. The number of pyridine rings is 1. The predicted molar refractivity (Wildman–Crippen MR) is 64.3 cm³/mol. The molecule has 0 spiro atoms. The third-order valence-corrected chi connectivity index (χ3v) is 2.28. The Morgan fingerprint density at radius 3 is 2.56 bits per heavy atom. The zero-order chi connectivity index (χ0) is 12.1. The molecule has 0 bridgehead atoms. The van der Waals surface area contributed by atoms with Gasteiger partial charge in [0, 0.05) is 5.39 Å². The van der Waals surface area contributed by atoms with E-state index < -0.39 is 0 Å². The van der Waals surface area contributed by atoms with Crippen LogP contribution in [-0.2, 0) is 0 Å². The lowest BCUT2D eigenvalue weighted by atomic mass is 10.1. The monoisotopic (exact) mass is 221 g/mol. The highest BCUT2D eigenvalue weighted by molar-refractivity contribution is 5.83. The van der Waals surface area contributed by atoms with Crippen molar-refractivity contribution in [3.63, 3.8) is 0 Å². The number of ether oxygens (including phenoxy) is 1. The van der Waals surface area contributed by atoms with E-state index in [0.29, 0.717) is 11.3 Å². The molecule has 2 nitrogen and oxygen atoms in total. The number of fused-ring (bicyclic) bond motifs is 1. The molecule has 2 aromatic rings. The topological polar surface area (TPSA) is 22.1 Å². The molecule has 1 heterocycles. The number of halogens is 1. The van der Waals surface area contributed by atoms with Crippen LogP contribution in [0.5, 0.6) is 5.75 Å². The summed E-state index contributed by atoms with van der Waals surface area (Å²) in [4.78, 5) is 3.99. The van der Waals surface area contributed by atoms with Gasteiger partial charge in [-0.3, -0.25) is 4.98 Å². The molecule has 0 fully saturated rings. The van der Waals surface area contributed by atoms with Crippen LogP contribution >= 0.6 is 0 Å². The van der Waals surface area contributed by atoms with Crippen LogP contribution in [0.2, 0.25) is 0 Å². The van der Waals surface area contributed by atoms with Crippen LogP contribution < -0.4 is 4.74 Å². The van der Waals surface area contributed by atoms with Gasteiger partial charge in [0.05, 0.1) is 18.8 Å². The molecule has 0 saturated heterocycles. The van der Waals surface area contributed by atoms with Gasteiger partial charge < -0.3 is 4.74 Å². The lowest BCUT2D eigenvalue weighted by Crippen LogP contribution is -1.89. The summed E-state index contributed by atoms with van der Waals surface area (Å²) in [5.74, 6) is 0.429. The van der Waals surface area contributed by atoms with Gasteiger partial charge in [0.25, 0.3) is 0 Å². The van der Waals surface area contributed by atoms with Crippen molar-refractivity contribution in [2.24, 2.45) is 0 Å². The van der Waals surface area contributed by atoms with Crippen molar-refractivity contribution < 1.29 is 9.13 Å². The molecule has 0 aliphatic rings. The molecule has 1 aromatic carbocycles. The molecule has 0 aliphatic carbocycles. The van der Waals surface area contributed by atoms with Crippen LogP contribution in [-0.4, -0.2) is 12.1 Å². The van der Waals surface area contributed by atoms with E-state index in [1.54, 1.807) is 20.1 Å². The van der Waals surface area contributed by atoms with E-state index >= 15 is 0 Å². The predicted octanol–water partition coefficient (Wildman–Crippen LogP) is 3.72. The van der Waals surface area contributed by atoms with Crippen molar-refractivity contribution in [2.75, 3.05) is 7.11 Å². The molecule has 3 heteroatoms. The van der Waals surface area contributed by atoms with E-state index in [1.165, 1.54) is 6.20 Å². The molecule has 0 unspecified atom stereocenters. The van der Waals surface area contributed by atoms with Crippen molar-refractivity contribution in [3.8, 4) is 5.75 Å². The lowest BCUT2D eigenvalue weighted by molar-refractivity contribution is 0.415. The first-order chi connectivity index (χ1) is 7.72. The number of methoxy groups -OCH3 is 1. The van der Waals surface area contributed by atoms with Crippen LogP contribution in [0.15, 0.2) is 24.4 Å². The van der Waals surface area contributed by atoms with Gasteiger partial charge in [0.15, 0.2) is 0 Å². The second-order valence-electron chi connectivity index (χ2n) is 3.11. The highest BCUT2D eigenvalue weighted by Gasteiger charge is 2.04. The van der Waals surface area contributed by atoms with Gasteiger partial charge in [-0.15, -0.1) is 0 Å². The fraction of sp³-hybridized carbons (Fsp3) is 0.308. The largest absolute Gasteiger partial charge is 0.497 e. The van der Waals surface area contributed by atoms with E-state index in [2.05, 4.69) is 4.98 Å². The number of hydrogen-bond acceptors (Lipinski definition) is 2. The number of rotatable bonds is 1. The molecule has 0 N–H and O–H groups in total. The Labute approximate surface area is 95.1 Å². The normalized spacial score (nSPS) is 9.56. The molecule has 0 aliphatic heterocycles. The fourth-order valence-corrected chi connectivity index (χ4v) is 1.41. The first-order valence-corrected chi connectivity index (χ1v) is 5.31. The summed E-state index contributed by atoms with van der Waals surface area (Å²) in [6.45, 7) is 5.73. The quantitative estimate of drug-likeness (QED) is 0.732. The average molecular weight is 221 g/mol. The van der Waals surface area contributed by atoms with E-state index in [4.69, 9.17) is 4.74 Å². The Balaban J connectivity index is 0.000000606. The van der Waals surface area contributed by atoms with Crippen molar-refractivity contribution in [3.05, 3.63) is 35.8 Å². The van der Waals surface area contributed by atoms with E-state index in [-0.39, 0.29) is 5.82 Å². The first kappa shape index (κ1) is 12.4. The van der Waals surface area contributed by atoms with Crippen molar-refractivity contribution in [2.45, 2.75) is 20.8 Å². The molecular formula is C13H16FNO. The van der Waals surface area contributed by atoms with Crippen molar-refractivity contribution in [1.82, 2.24) is 4.98 Å². The van der Waals surface area contributed by atoms with Gasteiger partial charge in [-0.05, 0) is 30.7 Å². The maximum absolute atomic E-state index is 13.2. The minimum absolute atomic E-state index is 0.286. The molecular weight excluding hydrogens is 205 g/mol. The Morgan fingerprint density at radius 2 is 1.94 bits per heavy atom. The van der Waals surface area contributed by atoms with Gasteiger partial charge in [-0.2, -0.15) is 0 Å². The van der Waals surface area contributed by atoms with Gasteiger partial charge in [0.1, 0.15) is 11.6 Å². The average Bonchev–Trinajstić information content (AvgIpc) is 2.36. The van der Waals surface area contributed by atoms with Crippen LogP contribution in [0.1, 0.15) is 19.4 Å². The van der Waals surface area contributed by atoms with Gasteiger partial charge in [0.2, 0.25) is 0 Å². The second-order valence-corrected chi connectivity index (χ2v) is 3.11. The van der Waals surface area contributed by atoms with Crippen molar-refractivity contribution >= 4 is 10.9 Å². The highest BCUT2D eigenvalue weighted by Crippen LogP contribution is 2.23. The third kappa shape index (κ3) is 2.30.